The summed E-state index contributed by atoms with van der Waals surface area (Å²) in [6.45, 7) is 0. The van der Waals surface area contributed by atoms with E-state index in [0.717, 1.165) is 45.1 Å². The fourth-order valence-corrected chi connectivity index (χ4v) is 7.26. The molecular weight excluding hydrogens is 502 g/mol. The summed E-state index contributed by atoms with van der Waals surface area (Å²) in [6, 6.07) is 32.9. The highest BCUT2D eigenvalue weighted by Gasteiger charge is 2.26. The number of benzene rings is 4. The van der Waals surface area contributed by atoms with Crippen molar-refractivity contribution in [3.63, 3.8) is 0 Å². The Balaban J connectivity index is 1.49. The average molecular weight is 524 g/mol. The largest absolute Gasteiger partial charge is 0.309 e. The molecule has 0 radical (unpaired) electrons. The van der Waals surface area contributed by atoms with E-state index in [1.165, 1.54) is 49.4 Å². The van der Waals surface area contributed by atoms with Crippen molar-refractivity contribution >= 4 is 60.2 Å². The van der Waals surface area contributed by atoms with Crippen LogP contribution < -0.4 is 0 Å². The SMILES string of the molecule is c1ccc(-n2c3ccc4c(c3c3ccc5c(c6ccncc6n6c7cnccc7nc56)c32)Cc2ccccc2-4)cc1. The first-order valence-electron chi connectivity index (χ1n) is 13.9. The molecule has 4 aromatic carbocycles. The van der Waals surface area contributed by atoms with E-state index in [1.807, 2.05) is 30.9 Å². The molecule has 0 spiro atoms. The fraction of sp³-hybridized carbons (Fsp3) is 0.0278. The van der Waals surface area contributed by atoms with Crippen molar-refractivity contribution in [1.29, 1.82) is 0 Å². The molecule has 1 aliphatic rings. The molecule has 190 valence electrons. The summed E-state index contributed by atoms with van der Waals surface area (Å²) >= 11 is 0. The zero-order valence-corrected chi connectivity index (χ0v) is 21.9. The Labute approximate surface area is 234 Å². The Hall–Kier alpha value is -5.55. The van der Waals surface area contributed by atoms with Crippen LogP contribution >= 0.6 is 0 Å². The van der Waals surface area contributed by atoms with Gasteiger partial charge in [-0.3, -0.25) is 14.4 Å². The van der Waals surface area contributed by atoms with E-state index in [4.69, 9.17) is 4.98 Å². The number of hydrogen-bond acceptors (Lipinski definition) is 3. The van der Waals surface area contributed by atoms with Crippen LogP contribution in [0.25, 0.3) is 77.0 Å². The highest BCUT2D eigenvalue weighted by Crippen LogP contribution is 2.47. The number of imidazole rings is 1. The fourth-order valence-electron chi connectivity index (χ4n) is 7.26. The van der Waals surface area contributed by atoms with Crippen LogP contribution in [0.15, 0.2) is 116 Å². The Bertz CT molecular complexity index is 2550. The Morgan fingerprint density at radius 1 is 0.585 bits per heavy atom. The molecule has 0 bridgehead atoms. The smallest absolute Gasteiger partial charge is 0.146 e. The molecule has 0 unspecified atom stereocenters. The molecule has 0 amide bonds. The van der Waals surface area contributed by atoms with E-state index in [0.29, 0.717) is 0 Å². The van der Waals surface area contributed by atoms with Crippen LogP contribution in [-0.2, 0) is 6.42 Å². The van der Waals surface area contributed by atoms with Gasteiger partial charge in [0.05, 0.1) is 40.0 Å². The lowest BCUT2D eigenvalue weighted by Gasteiger charge is -2.13. The molecule has 0 saturated heterocycles. The highest BCUT2D eigenvalue weighted by atomic mass is 15.0. The molecule has 1 aliphatic carbocycles. The van der Waals surface area contributed by atoms with Crippen molar-refractivity contribution in [2.75, 3.05) is 0 Å². The lowest BCUT2D eigenvalue weighted by Crippen LogP contribution is -1.97. The molecule has 5 heterocycles. The Kier molecular flexibility index (Phi) is 3.92. The van der Waals surface area contributed by atoms with E-state index in [1.54, 1.807) is 0 Å². The standard InChI is InChI=1S/C36H21N5/c1-2-7-22(8-3-1)40-30-13-12-24-23-9-5-4-6-21(23)18-28(24)33(30)26-10-11-27-34(35(26)40)25-14-16-37-19-31(25)41-32-20-38-17-15-29(32)39-36(27)41/h1-17,19-20H,18H2. The Morgan fingerprint density at radius 3 is 2.32 bits per heavy atom. The number of rotatable bonds is 1. The minimum absolute atomic E-state index is 0.924. The van der Waals surface area contributed by atoms with Gasteiger partial charge in [-0.05, 0) is 65.1 Å². The third-order valence-corrected chi connectivity index (χ3v) is 8.90. The van der Waals surface area contributed by atoms with Crippen LogP contribution in [0.3, 0.4) is 0 Å². The first kappa shape index (κ1) is 21.3. The summed E-state index contributed by atoms with van der Waals surface area (Å²) in [5.41, 5.74) is 12.9. The lowest BCUT2D eigenvalue weighted by atomic mass is 9.98. The molecule has 0 N–H and O–H groups in total. The maximum Gasteiger partial charge on any atom is 0.146 e. The molecule has 5 aromatic heterocycles. The molecule has 9 aromatic rings. The minimum Gasteiger partial charge on any atom is -0.309 e. The van der Waals surface area contributed by atoms with Gasteiger partial charge in [0.1, 0.15) is 5.65 Å². The van der Waals surface area contributed by atoms with E-state index in [9.17, 15) is 0 Å². The molecule has 10 rings (SSSR count). The zero-order chi connectivity index (χ0) is 26.7. The summed E-state index contributed by atoms with van der Waals surface area (Å²) < 4.78 is 4.67. The minimum atomic E-state index is 0.924. The van der Waals surface area contributed by atoms with Crippen molar-refractivity contribution < 1.29 is 0 Å². The van der Waals surface area contributed by atoms with Crippen molar-refractivity contribution in [2.24, 2.45) is 0 Å². The number of aromatic nitrogens is 5. The monoisotopic (exact) mass is 523 g/mol. The predicted octanol–water partition coefficient (Wildman–Crippen LogP) is 8.25. The van der Waals surface area contributed by atoms with Crippen LogP contribution in [0.1, 0.15) is 11.1 Å². The van der Waals surface area contributed by atoms with E-state index in [2.05, 4.69) is 104 Å². The predicted molar refractivity (Wildman–Crippen MR) is 166 cm³/mol. The van der Waals surface area contributed by atoms with Gasteiger partial charge in [-0.25, -0.2) is 4.98 Å². The Morgan fingerprint density at radius 2 is 1.39 bits per heavy atom. The summed E-state index contributed by atoms with van der Waals surface area (Å²) in [5, 5.41) is 6.06. The summed E-state index contributed by atoms with van der Waals surface area (Å²) in [4.78, 5) is 14.1. The number of para-hydroxylation sites is 1. The average Bonchev–Trinajstić information content (AvgIpc) is 3.71. The van der Waals surface area contributed by atoms with Crippen LogP contribution in [0.2, 0.25) is 0 Å². The van der Waals surface area contributed by atoms with Gasteiger partial charge in [0.25, 0.3) is 0 Å². The lowest BCUT2D eigenvalue weighted by molar-refractivity contribution is 1.18. The van der Waals surface area contributed by atoms with Gasteiger partial charge >= 0.3 is 0 Å². The van der Waals surface area contributed by atoms with E-state index in [-0.39, 0.29) is 0 Å². The van der Waals surface area contributed by atoms with Gasteiger partial charge in [0, 0.05) is 45.0 Å². The topological polar surface area (TPSA) is 48.0 Å². The van der Waals surface area contributed by atoms with E-state index >= 15 is 0 Å². The third-order valence-electron chi connectivity index (χ3n) is 8.90. The van der Waals surface area contributed by atoms with Gasteiger partial charge in [-0.1, -0.05) is 54.6 Å². The summed E-state index contributed by atoms with van der Waals surface area (Å²) in [6.07, 6.45) is 8.50. The van der Waals surface area contributed by atoms with Crippen LogP contribution in [0.4, 0.5) is 0 Å². The molecule has 5 nitrogen and oxygen atoms in total. The quantitative estimate of drug-likeness (QED) is 0.204. The molecule has 41 heavy (non-hydrogen) atoms. The second-order valence-corrected chi connectivity index (χ2v) is 10.9. The second kappa shape index (κ2) is 7.55. The van der Waals surface area contributed by atoms with Crippen molar-refractivity contribution in [3.8, 4) is 16.8 Å². The molecule has 5 heteroatoms. The second-order valence-electron chi connectivity index (χ2n) is 10.9. The van der Waals surface area contributed by atoms with Gasteiger partial charge in [-0.2, -0.15) is 0 Å². The molecule has 0 aliphatic heterocycles. The van der Waals surface area contributed by atoms with Crippen LogP contribution in [-0.4, -0.2) is 23.9 Å². The first-order chi connectivity index (χ1) is 20.4. The third kappa shape index (κ3) is 2.63. The van der Waals surface area contributed by atoms with Crippen molar-refractivity contribution in [2.45, 2.75) is 6.42 Å². The van der Waals surface area contributed by atoms with Gasteiger partial charge in [0.2, 0.25) is 0 Å². The molecule has 0 saturated carbocycles. The van der Waals surface area contributed by atoms with Crippen LogP contribution in [0, 0.1) is 0 Å². The number of nitrogens with zero attached hydrogens (tertiary/aromatic N) is 5. The number of hydrogen-bond donors (Lipinski definition) is 0. The van der Waals surface area contributed by atoms with Gasteiger partial charge < -0.3 is 4.57 Å². The summed E-state index contributed by atoms with van der Waals surface area (Å²) in [7, 11) is 0. The summed E-state index contributed by atoms with van der Waals surface area (Å²) in [5.74, 6) is 0. The zero-order valence-electron chi connectivity index (χ0n) is 21.9. The number of fused-ring (bicyclic) bond motifs is 16. The highest BCUT2D eigenvalue weighted by molar-refractivity contribution is 6.28. The maximum absolute atomic E-state index is 5.13. The van der Waals surface area contributed by atoms with Gasteiger partial charge in [0.15, 0.2) is 0 Å². The molecule has 0 atom stereocenters. The van der Waals surface area contributed by atoms with Gasteiger partial charge in [-0.15, -0.1) is 0 Å². The normalized spacial score (nSPS) is 12.8. The van der Waals surface area contributed by atoms with Crippen molar-refractivity contribution in [1.82, 2.24) is 23.9 Å². The number of pyridine rings is 3. The van der Waals surface area contributed by atoms with E-state index < -0.39 is 0 Å². The first-order valence-corrected chi connectivity index (χ1v) is 13.9. The maximum atomic E-state index is 5.13. The molecular formula is C36H21N5. The van der Waals surface area contributed by atoms with Crippen LogP contribution in [0.5, 0.6) is 0 Å². The molecule has 0 fully saturated rings. The van der Waals surface area contributed by atoms with Crippen molar-refractivity contribution in [3.05, 3.63) is 127 Å².